The molecule has 29 heavy (non-hydrogen) atoms. The van der Waals surface area contributed by atoms with Gasteiger partial charge in [-0.15, -0.1) is 0 Å². The molecule has 0 atom stereocenters. The summed E-state index contributed by atoms with van der Waals surface area (Å²) in [6.45, 7) is 0.0114. The van der Waals surface area contributed by atoms with Crippen molar-refractivity contribution in [2.45, 2.75) is 6.54 Å². The van der Waals surface area contributed by atoms with Gasteiger partial charge in [0.15, 0.2) is 11.2 Å². The number of hydrogen-bond acceptors (Lipinski definition) is 4. The zero-order valence-corrected chi connectivity index (χ0v) is 17.1. The summed E-state index contributed by atoms with van der Waals surface area (Å²) in [4.78, 5) is 30.3. The number of aryl methyl sites for hydroxylation is 2. The van der Waals surface area contributed by atoms with E-state index in [9.17, 15) is 9.59 Å². The Labute approximate surface area is 175 Å². The maximum atomic E-state index is 13.1. The van der Waals surface area contributed by atoms with Gasteiger partial charge < -0.3 is 4.74 Å². The molecule has 4 rings (SSSR count). The van der Waals surface area contributed by atoms with Crippen LogP contribution in [-0.4, -0.2) is 18.7 Å². The highest BCUT2D eigenvalue weighted by Gasteiger charge is 2.20. The first-order valence-corrected chi connectivity index (χ1v) is 9.45. The van der Waals surface area contributed by atoms with Crippen LogP contribution in [0.25, 0.3) is 11.2 Å². The summed E-state index contributed by atoms with van der Waals surface area (Å²) in [7, 11) is 3.22. The molecule has 2 heterocycles. The first-order chi connectivity index (χ1) is 13.9. The molecule has 148 valence electrons. The lowest BCUT2D eigenvalue weighted by Crippen LogP contribution is -2.39. The summed E-state index contributed by atoms with van der Waals surface area (Å²) < 4.78 is 9.75. The monoisotopic (exact) mass is 430 g/mol. The summed E-state index contributed by atoms with van der Waals surface area (Å²) in [5.74, 6) is 0.573. The number of rotatable bonds is 4. The second-order valence-corrected chi connectivity index (χ2v) is 7.35. The molecular weight excluding hydrogens is 415 g/mol. The van der Waals surface area contributed by atoms with Crippen LogP contribution in [0.15, 0.2) is 58.1 Å². The molecule has 0 unspecified atom stereocenters. The van der Waals surface area contributed by atoms with Gasteiger partial charge in [-0.25, -0.2) is 4.79 Å². The molecule has 0 aliphatic carbocycles. The van der Waals surface area contributed by atoms with Crippen LogP contribution in [0.4, 0.5) is 0 Å². The number of halogens is 2. The van der Waals surface area contributed by atoms with Crippen molar-refractivity contribution < 1.29 is 4.74 Å². The number of hydrogen-bond donors (Lipinski definition) is 0. The highest BCUT2D eigenvalue weighted by atomic mass is 35.5. The summed E-state index contributed by atoms with van der Waals surface area (Å²) in [5, 5.41) is 0.855. The van der Waals surface area contributed by atoms with Crippen molar-refractivity contribution in [3.63, 3.8) is 0 Å². The topological polar surface area (TPSA) is 71.1 Å². The maximum Gasteiger partial charge on any atom is 0.332 e. The van der Waals surface area contributed by atoms with Gasteiger partial charge in [-0.2, -0.15) is 4.98 Å². The summed E-state index contributed by atoms with van der Waals surface area (Å²) in [6, 6.07) is 14.2. The number of para-hydroxylation sites is 1. The van der Waals surface area contributed by atoms with E-state index in [1.54, 1.807) is 44.4 Å². The fraction of sp³-hybridized carbons (Fsp3) is 0.150. The van der Waals surface area contributed by atoms with E-state index < -0.39 is 11.2 Å². The number of imidazole rings is 1. The molecular formula is C20H16Cl2N4O3. The van der Waals surface area contributed by atoms with Crippen molar-refractivity contribution in [2.75, 3.05) is 0 Å². The molecule has 9 heteroatoms. The van der Waals surface area contributed by atoms with Gasteiger partial charge in [0.2, 0.25) is 0 Å². The largest absolute Gasteiger partial charge is 0.425 e. The zero-order chi connectivity index (χ0) is 20.7. The van der Waals surface area contributed by atoms with E-state index in [2.05, 4.69) is 4.98 Å². The fourth-order valence-electron chi connectivity index (χ4n) is 3.07. The first kappa shape index (κ1) is 19.3. The predicted octanol–water partition coefficient (Wildman–Crippen LogP) is 3.58. The van der Waals surface area contributed by atoms with Crippen LogP contribution >= 0.6 is 23.2 Å². The van der Waals surface area contributed by atoms with E-state index in [1.807, 2.05) is 18.2 Å². The molecule has 0 aliphatic heterocycles. The van der Waals surface area contributed by atoms with E-state index in [4.69, 9.17) is 27.9 Å². The van der Waals surface area contributed by atoms with Crippen molar-refractivity contribution in [1.82, 2.24) is 18.7 Å². The number of benzene rings is 2. The quantitative estimate of drug-likeness (QED) is 0.495. The molecule has 7 nitrogen and oxygen atoms in total. The molecule has 0 fully saturated rings. The second kappa shape index (κ2) is 7.42. The Bertz CT molecular complexity index is 1340. The predicted molar refractivity (Wildman–Crippen MR) is 112 cm³/mol. The van der Waals surface area contributed by atoms with Crippen LogP contribution in [0, 0.1) is 0 Å². The van der Waals surface area contributed by atoms with Crippen molar-refractivity contribution >= 4 is 34.4 Å². The smallest absolute Gasteiger partial charge is 0.332 e. The van der Waals surface area contributed by atoms with E-state index >= 15 is 0 Å². The van der Waals surface area contributed by atoms with Crippen LogP contribution in [0.3, 0.4) is 0 Å². The zero-order valence-electron chi connectivity index (χ0n) is 15.6. The minimum Gasteiger partial charge on any atom is -0.425 e. The Hall–Kier alpha value is -3.03. The molecule has 0 N–H and O–H groups in total. The highest BCUT2D eigenvalue weighted by Crippen LogP contribution is 2.23. The molecule has 0 aliphatic rings. The van der Waals surface area contributed by atoms with E-state index in [0.29, 0.717) is 21.4 Å². The van der Waals surface area contributed by atoms with Crippen LogP contribution in [0.2, 0.25) is 10.0 Å². The number of fused-ring (bicyclic) bond motifs is 1. The number of nitrogens with zero attached hydrogens (tertiary/aromatic N) is 4. The lowest BCUT2D eigenvalue weighted by molar-refractivity contribution is 0.427. The average molecular weight is 431 g/mol. The third-order valence-electron chi connectivity index (χ3n) is 4.61. The second-order valence-electron chi connectivity index (χ2n) is 6.51. The third kappa shape index (κ3) is 3.43. The van der Waals surface area contributed by atoms with Gasteiger partial charge in [0.1, 0.15) is 5.75 Å². The van der Waals surface area contributed by atoms with E-state index in [1.165, 1.54) is 9.13 Å². The molecule has 0 radical (unpaired) electrons. The lowest BCUT2D eigenvalue weighted by atomic mass is 10.2. The molecule has 0 saturated heterocycles. The molecule has 0 saturated carbocycles. The Kier molecular flexibility index (Phi) is 4.94. The minimum atomic E-state index is -0.502. The van der Waals surface area contributed by atoms with Gasteiger partial charge in [0.25, 0.3) is 5.56 Å². The molecule has 0 amide bonds. The average Bonchev–Trinajstić information content (AvgIpc) is 3.02. The molecule has 0 spiro atoms. The van der Waals surface area contributed by atoms with Crippen LogP contribution < -0.4 is 16.0 Å². The Morgan fingerprint density at radius 2 is 1.72 bits per heavy atom. The van der Waals surface area contributed by atoms with Crippen molar-refractivity contribution in [3.8, 4) is 11.8 Å². The fourth-order valence-corrected chi connectivity index (χ4v) is 3.54. The van der Waals surface area contributed by atoms with E-state index in [-0.39, 0.29) is 23.7 Å². The highest BCUT2D eigenvalue weighted by molar-refractivity contribution is 6.35. The summed E-state index contributed by atoms with van der Waals surface area (Å²) in [5.41, 5.74) is 0.123. The van der Waals surface area contributed by atoms with Crippen LogP contribution in [0.1, 0.15) is 5.56 Å². The minimum absolute atomic E-state index is 0.0114. The lowest BCUT2D eigenvalue weighted by Gasteiger charge is -2.10. The Morgan fingerprint density at radius 3 is 2.41 bits per heavy atom. The van der Waals surface area contributed by atoms with Crippen molar-refractivity contribution in [3.05, 3.63) is 85.0 Å². The third-order valence-corrected chi connectivity index (χ3v) is 5.20. The van der Waals surface area contributed by atoms with E-state index in [0.717, 1.165) is 4.57 Å². The van der Waals surface area contributed by atoms with Crippen molar-refractivity contribution in [1.29, 1.82) is 0 Å². The van der Waals surface area contributed by atoms with Gasteiger partial charge in [0.05, 0.1) is 6.54 Å². The Morgan fingerprint density at radius 1 is 1.00 bits per heavy atom. The van der Waals surface area contributed by atoms with Gasteiger partial charge in [-0.3, -0.25) is 18.5 Å². The Balaban J connectivity index is 1.86. The van der Waals surface area contributed by atoms with Gasteiger partial charge >= 0.3 is 11.7 Å². The first-order valence-electron chi connectivity index (χ1n) is 8.70. The van der Waals surface area contributed by atoms with Crippen molar-refractivity contribution in [2.24, 2.45) is 14.1 Å². The number of aromatic nitrogens is 4. The molecule has 2 aromatic carbocycles. The van der Waals surface area contributed by atoms with Crippen LogP contribution in [-0.2, 0) is 20.6 Å². The molecule has 0 bridgehead atoms. The SMILES string of the molecule is Cn1c(Oc2ccccc2)nc2c1c(=O)n(Cc1ccc(Cl)cc1Cl)c(=O)n2C. The van der Waals surface area contributed by atoms with Gasteiger partial charge in [-0.1, -0.05) is 47.5 Å². The van der Waals surface area contributed by atoms with Gasteiger partial charge in [0, 0.05) is 24.1 Å². The summed E-state index contributed by atoms with van der Waals surface area (Å²) >= 11 is 12.2. The summed E-state index contributed by atoms with van der Waals surface area (Å²) in [6.07, 6.45) is 0. The number of ether oxygens (including phenoxy) is 1. The molecule has 2 aromatic heterocycles. The van der Waals surface area contributed by atoms with Gasteiger partial charge in [-0.05, 0) is 29.8 Å². The molecule has 4 aromatic rings. The normalized spacial score (nSPS) is 11.2. The standard InChI is InChI=1S/C20H16Cl2N4O3/c1-24-16-17(23-19(24)29-14-6-4-3-5-7-14)25(2)20(28)26(18(16)27)11-12-8-9-13(21)10-15(12)22/h3-10H,11H2,1-2H3. The van der Waals surface area contributed by atoms with Crippen LogP contribution in [0.5, 0.6) is 11.8 Å². The maximum absolute atomic E-state index is 13.1.